The molecule has 0 saturated carbocycles. The number of carbonyl (C=O) groups excluding carboxylic acids is 1. The van der Waals surface area contributed by atoms with Gasteiger partial charge in [0.15, 0.2) is 6.17 Å². The van der Waals surface area contributed by atoms with Gasteiger partial charge in [-0.15, -0.1) is 0 Å². The Labute approximate surface area is 168 Å². The molecule has 0 bridgehead atoms. The molecule has 0 saturated heterocycles. The third-order valence-corrected chi connectivity index (χ3v) is 4.84. The molecule has 9 heteroatoms. The van der Waals surface area contributed by atoms with Gasteiger partial charge in [-0.2, -0.15) is 18.3 Å². The van der Waals surface area contributed by atoms with Crippen molar-refractivity contribution in [2.75, 3.05) is 0 Å². The topological polar surface area (TPSA) is 45.0 Å². The molecular formula is C21H14F5N3O. The first-order valence-corrected chi connectivity index (χ1v) is 8.92. The third kappa shape index (κ3) is 3.62. The molecule has 2 heterocycles. The van der Waals surface area contributed by atoms with Crippen molar-refractivity contribution in [3.05, 3.63) is 76.9 Å². The minimum Gasteiger partial charge on any atom is -0.272 e. The van der Waals surface area contributed by atoms with E-state index in [0.29, 0.717) is 22.9 Å². The normalized spacial score (nSPS) is 19.1. The van der Waals surface area contributed by atoms with Crippen molar-refractivity contribution >= 4 is 22.9 Å². The Hall–Kier alpha value is -3.36. The number of benzene rings is 2. The molecule has 0 radical (unpaired) electrons. The predicted octanol–water partition coefficient (Wildman–Crippen LogP) is 4.80. The lowest BCUT2D eigenvalue weighted by Crippen LogP contribution is -2.42. The van der Waals surface area contributed by atoms with Gasteiger partial charge in [-0.3, -0.25) is 9.79 Å². The molecule has 154 valence electrons. The van der Waals surface area contributed by atoms with E-state index in [0.717, 1.165) is 23.2 Å². The SMILES string of the molecule is CC1=NN2C(=O)CC(c3ccc(F)cc3F)=NC2C=C1c1ccc(C(F)(F)F)cc1. The second kappa shape index (κ2) is 7.16. The minimum absolute atomic E-state index is 0.0140. The summed E-state index contributed by atoms with van der Waals surface area (Å²) in [6, 6.07) is 7.56. The van der Waals surface area contributed by atoms with Crippen molar-refractivity contribution in [2.24, 2.45) is 10.1 Å². The number of amides is 1. The van der Waals surface area contributed by atoms with E-state index in [9.17, 15) is 26.7 Å². The van der Waals surface area contributed by atoms with Gasteiger partial charge in [-0.05, 0) is 42.8 Å². The van der Waals surface area contributed by atoms with Crippen LogP contribution in [0.1, 0.15) is 30.0 Å². The number of hydrogen-bond donors (Lipinski definition) is 0. The van der Waals surface area contributed by atoms with Crippen molar-refractivity contribution in [2.45, 2.75) is 25.7 Å². The average molecular weight is 419 g/mol. The van der Waals surface area contributed by atoms with Gasteiger partial charge in [0.05, 0.1) is 23.4 Å². The zero-order valence-corrected chi connectivity index (χ0v) is 15.5. The Bertz CT molecular complexity index is 1120. The van der Waals surface area contributed by atoms with Crippen LogP contribution in [0.4, 0.5) is 22.0 Å². The highest BCUT2D eigenvalue weighted by Crippen LogP contribution is 2.32. The van der Waals surface area contributed by atoms with Gasteiger partial charge in [-0.1, -0.05) is 12.1 Å². The summed E-state index contributed by atoms with van der Waals surface area (Å²) in [5.41, 5.74) is 0.815. The molecule has 0 N–H and O–H groups in total. The fraction of sp³-hybridized carbons (Fsp3) is 0.190. The van der Waals surface area contributed by atoms with E-state index in [1.54, 1.807) is 13.0 Å². The first kappa shape index (κ1) is 19.9. The highest BCUT2D eigenvalue weighted by Gasteiger charge is 2.34. The highest BCUT2D eigenvalue weighted by molar-refractivity contribution is 6.24. The van der Waals surface area contributed by atoms with E-state index in [4.69, 9.17) is 0 Å². The van der Waals surface area contributed by atoms with Gasteiger partial charge in [-0.25, -0.2) is 13.8 Å². The highest BCUT2D eigenvalue weighted by atomic mass is 19.4. The number of fused-ring (bicyclic) bond motifs is 1. The molecule has 2 aliphatic heterocycles. The van der Waals surface area contributed by atoms with E-state index in [1.807, 2.05) is 0 Å². The molecule has 4 nitrogen and oxygen atoms in total. The lowest BCUT2D eigenvalue weighted by molar-refractivity contribution is -0.137. The summed E-state index contributed by atoms with van der Waals surface area (Å²) >= 11 is 0. The Morgan fingerprint density at radius 3 is 2.40 bits per heavy atom. The molecule has 2 aromatic carbocycles. The fourth-order valence-electron chi connectivity index (χ4n) is 3.37. The van der Waals surface area contributed by atoms with E-state index in [-0.39, 0.29) is 17.7 Å². The number of carbonyl (C=O) groups is 1. The number of hydrogen-bond acceptors (Lipinski definition) is 3. The molecule has 30 heavy (non-hydrogen) atoms. The number of halogens is 5. The van der Waals surface area contributed by atoms with Crippen LogP contribution in [-0.4, -0.2) is 28.5 Å². The van der Waals surface area contributed by atoms with E-state index in [2.05, 4.69) is 10.1 Å². The summed E-state index contributed by atoms with van der Waals surface area (Å²) in [5.74, 6) is -2.00. The van der Waals surface area contributed by atoms with E-state index < -0.39 is 35.4 Å². The van der Waals surface area contributed by atoms with Crippen LogP contribution in [0.25, 0.3) is 5.57 Å². The van der Waals surface area contributed by atoms with Gasteiger partial charge < -0.3 is 0 Å². The summed E-state index contributed by atoms with van der Waals surface area (Å²) in [6.07, 6.45) is -3.96. The van der Waals surface area contributed by atoms with Crippen LogP contribution in [0, 0.1) is 11.6 Å². The number of aliphatic imine (C=N–C) groups is 1. The molecule has 1 unspecified atom stereocenters. The fourth-order valence-corrected chi connectivity index (χ4v) is 3.37. The Morgan fingerprint density at radius 2 is 1.77 bits per heavy atom. The van der Waals surface area contributed by atoms with Crippen LogP contribution in [-0.2, 0) is 11.0 Å². The summed E-state index contributed by atoms with van der Waals surface area (Å²) in [5, 5.41) is 5.37. The molecule has 1 atom stereocenters. The number of nitrogens with zero attached hydrogens (tertiary/aromatic N) is 3. The van der Waals surface area contributed by atoms with E-state index in [1.165, 1.54) is 18.2 Å². The van der Waals surface area contributed by atoms with Crippen LogP contribution in [0.5, 0.6) is 0 Å². The standard InChI is InChI=1S/C21H14F5N3O/c1-11-16(12-2-4-13(5-3-12)21(24,25)26)9-19-27-18(10-20(30)29(19)28-11)15-7-6-14(22)8-17(15)23/h2-9,19H,10H2,1H3. The van der Waals surface area contributed by atoms with Crippen LogP contribution >= 0.6 is 0 Å². The lowest BCUT2D eigenvalue weighted by Gasteiger charge is -2.32. The molecule has 2 aliphatic rings. The Balaban J connectivity index is 1.72. The molecule has 2 aromatic rings. The van der Waals surface area contributed by atoms with Gasteiger partial charge in [0.25, 0.3) is 5.91 Å². The monoisotopic (exact) mass is 419 g/mol. The predicted molar refractivity (Wildman–Crippen MR) is 101 cm³/mol. The zero-order valence-electron chi connectivity index (χ0n) is 15.5. The van der Waals surface area contributed by atoms with Crippen molar-refractivity contribution < 1.29 is 26.7 Å². The van der Waals surface area contributed by atoms with Gasteiger partial charge in [0.1, 0.15) is 11.6 Å². The molecule has 1 amide bonds. The lowest BCUT2D eigenvalue weighted by atomic mass is 9.97. The van der Waals surface area contributed by atoms with Crippen molar-refractivity contribution in [1.29, 1.82) is 0 Å². The van der Waals surface area contributed by atoms with Crippen LogP contribution in [0.2, 0.25) is 0 Å². The van der Waals surface area contributed by atoms with Crippen LogP contribution in [0.3, 0.4) is 0 Å². The maximum Gasteiger partial charge on any atom is 0.416 e. The Kier molecular flexibility index (Phi) is 4.76. The molecule has 4 rings (SSSR count). The maximum atomic E-state index is 14.1. The van der Waals surface area contributed by atoms with Gasteiger partial charge in [0, 0.05) is 17.2 Å². The molecule has 0 fully saturated rings. The van der Waals surface area contributed by atoms with Crippen molar-refractivity contribution in [3.63, 3.8) is 0 Å². The quantitative estimate of drug-likeness (QED) is 0.645. The zero-order chi connectivity index (χ0) is 21.6. The first-order valence-electron chi connectivity index (χ1n) is 8.92. The second-order valence-electron chi connectivity index (χ2n) is 6.87. The van der Waals surface area contributed by atoms with Crippen LogP contribution in [0.15, 0.2) is 58.6 Å². The largest absolute Gasteiger partial charge is 0.416 e. The number of hydrazone groups is 1. The average Bonchev–Trinajstić information content (AvgIpc) is 2.67. The molecular weight excluding hydrogens is 405 g/mol. The van der Waals surface area contributed by atoms with Gasteiger partial charge in [0.2, 0.25) is 0 Å². The number of allylic oxidation sites excluding steroid dienone is 1. The second-order valence-corrected chi connectivity index (χ2v) is 6.87. The van der Waals surface area contributed by atoms with Gasteiger partial charge >= 0.3 is 6.18 Å². The number of rotatable bonds is 2. The Morgan fingerprint density at radius 1 is 1.07 bits per heavy atom. The smallest absolute Gasteiger partial charge is 0.272 e. The van der Waals surface area contributed by atoms with E-state index >= 15 is 0 Å². The molecule has 0 aromatic heterocycles. The minimum atomic E-state index is -4.45. The first-order chi connectivity index (χ1) is 14.1. The molecule has 0 aliphatic carbocycles. The summed E-state index contributed by atoms with van der Waals surface area (Å²) in [7, 11) is 0. The van der Waals surface area contributed by atoms with Crippen molar-refractivity contribution in [3.8, 4) is 0 Å². The summed E-state index contributed by atoms with van der Waals surface area (Å²) in [4.78, 5) is 16.9. The van der Waals surface area contributed by atoms with Crippen LogP contribution < -0.4 is 0 Å². The van der Waals surface area contributed by atoms with Crippen molar-refractivity contribution in [1.82, 2.24) is 5.01 Å². The number of alkyl halides is 3. The summed E-state index contributed by atoms with van der Waals surface area (Å²) < 4.78 is 65.8. The maximum absolute atomic E-state index is 14.1. The third-order valence-electron chi connectivity index (χ3n) is 4.84. The summed E-state index contributed by atoms with van der Waals surface area (Å²) in [6.45, 7) is 1.63. The molecule has 0 spiro atoms.